The number of furan rings is 1. The summed E-state index contributed by atoms with van der Waals surface area (Å²) in [5, 5.41) is 0. The maximum Gasteiger partial charge on any atom is 0.225 e. The van der Waals surface area contributed by atoms with Gasteiger partial charge in [0.05, 0.1) is 6.54 Å². The lowest BCUT2D eigenvalue weighted by Gasteiger charge is -2.44. The highest BCUT2D eigenvalue weighted by Crippen LogP contribution is 2.40. The number of nitrogens with zero attached hydrogens (tertiary/aromatic N) is 4. The topological polar surface area (TPSA) is 54.6 Å². The first-order valence-electron chi connectivity index (χ1n) is 10.8. The summed E-state index contributed by atoms with van der Waals surface area (Å²) in [6.45, 7) is 4.99. The molecule has 3 saturated heterocycles. The zero-order valence-corrected chi connectivity index (χ0v) is 16.6. The molecule has 0 aromatic carbocycles. The van der Waals surface area contributed by atoms with Crippen molar-refractivity contribution in [1.29, 1.82) is 0 Å². The van der Waals surface area contributed by atoms with Crippen LogP contribution < -0.4 is 4.90 Å². The van der Waals surface area contributed by atoms with Crippen molar-refractivity contribution in [1.82, 2.24) is 14.9 Å². The van der Waals surface area contributed by atoms with Gasteiger partial charge in [-0.1, -0.05) is 0 Å². The van der Waals surface area contributed by atoms with Crippen LogP contribution in [-0.4, -0.2) is 46.6 Å². The molecular weight excluding hydrogens is 352 g/mol. The standard InChI is InChI=1S/C22H30N4O2/c1-2-16-27-19(5-1)20-7-6-18(28-20)17-26-13-3-8-22(26)9-14-25(15-10-22)21-23-11-4-12-24-21/h4,6-7,11-12,19H,1-3,5,8-10,13-17H2/t19-/m1/s1. The monoisotopic (exact) mass is 382 g/mol. The predicted molar refractivity (Wildman–Crippen MR) is 107 cm³/mol. The zero-order chi connectivity index (χ0) is 18.8. The van der Waals surface area contributed by atoms with Crippen molar-refractivity contribution in [2.75, 3.05) is 31.1 Å². The Morgan fingerprint density at radius 1 is 1.00 bits per heavy atom. The van der Waals surface area contributed by atoms with Crippen LogP contribution in [-0.2, 0) is 11.3 Å². The molecule has 2 aromatic rings. The van der Waals surface area contributed by atoms with Gasteiger partial charge in [-0.2, -0.15) is 0 Å². The SMILES string of the molecule is c1cnc(N2CCC3(CCCN3Cc3ccc([C@H]4CCCCO4)o3)CC2)nc1. The van der Waals surface area contributed by atoms with Crippen molar-refractivity contribution < 1.29 is 9.15 Å². The summed E-state index contributed by atoms with van der Waals surface area (Å²) >= 11 is 0. The van der Waals surface area contributed by atoms with Crippen LogP contribution in [0.15, 0.2) is 35.0 Å². The summed E-state index contributed by atoms with van der Waals surface area (Å²) in [6.07, 6.45) is 12.2. The molecule has 5 rings (SSSR count). The summed E-state index contributed by atoms with van der Waals surface area (Å²) in [4.78, 5) is 13.8. The Bertz CT molecular complexity index is 764. The normalized spacial score (nSPS) is 25.4. The van der Waals surface area contributed by atoms with E-state index in [2.05, 4.69) is 31.9 Å². The second kappa shape index (κ2) is 7.84. The molecule has 0 unspecified atom stereocenters. The van der Waals surface area contributed by atoms with E-state index in [4.69, 9.17) is 9.15 Å². The Hall–Kier alpha value is -1.92. The minimum atomic E-state index is 0.157. The molecule has 3 aliphatic heterocycles. The second-order valence-electron chi connectivity index (χ2n) is 8.44. The number of hydrogen-bond donors (Lipinski definition) is 0. The predicted octanol–water partition coefficient (Wildman–Crippen LogP) is 3.95. The van der Waals surface area contributed by atoms with Crippen LogP contribution in [0.4, 0.5) is 5.95 Å². The fourth-order valence-electron chi connectivity index (χ4n) is 5.19. The van der Waals surface area contributed by atoms with Gasteiger partial charge in [-0.05, 0) is 69.7 Å². The Balaban J connectivity index is 1.23. The average Bonchev–Trinajstić information content (AvgIpc) is 3.38. The van der Waals surface area contributed by atoms with Gasteiger partial charge in [0, 0.05) is 37.6 Å². The number of piperidine rings is 1. The summed E-state index contributed by atoms with van der Waals surface area (Å²) < 4.78 is 12.1. The molecular formula is C22H30N4O2. The third kappa shape index (κ3) is 3.55. The Labute approximate surface area is 166 Å². The van der Waals surface area contributed by atoms with Gasteiger partial charge in [-0.3, -0.25) is 4.90 Å². The van der Waals surface area contributed by atoms with Crippen LogP contribution >= 0.6 is 0 Å². The number of aromatic nitrogens is 2. The highest BCUT2D eigenvalue weighted by molar-refractivity contribution is 5.30. The smallest absolute Gasteiger partial charge is 0.225 e. The minimum Gasteiger partial charge on any atom is -0.462 e. The summed E-state index contributed by atoms with van der Waals surface area (Å²) in [5.74, 6) is 2.96. The summed E-state index contributed by atoms with van der Waals surface area (Å²) in [6, 6.07) is 6.17. The van der Waals surface area contributed by atoms with Gasteiger partial charge in [0.1, 0.15) is 17.6 Å². The molecule has 6 heteroatoms. The van der Waals surface area contributed by atoms with Gasteiger partial charge in [0.2, 0.25) is 5.95 Å². The van der Waals surface area contributed by atoms with E-state index in [1.807, 2.05) is 18.5 Å². The lowest BCUT2D eigenvalue weighted by molar-refractivity contribution is 0.000272. The lowest BCUT2D eigenvalue weighted by Crippen LogP contribution is -2.52. The zero-order valence-electron chi connectivity index (χ0n) is 16.6. The molecule has 0 aliphatic carbocycles. The van der Waals surface area contributed by atoms with E-state index in [1.165, 1.54) is 38.5 Å². The van der Waals surface area contributed by atoms with Gasteiger partial charge < -0.3 is 14.1 Å². The molecule has 0 bridgehead atoms. The number of hydrogen-bond acceptors (Lipinski definition) is 6. The highest BCUT2D eigenvalue weighted by atomic mass is 16.5. The largest absolute Gasteiger partial charge is 0.462 e. The first-order chi connectivity index (χ1) is 13.8. The van der Waals surface area contributed by atoms with Crippen LogP contribution in [0.2, 0.25) is 0 Å². The number of likely N-dealkylation sites (tertiary alicyclic amines) is 1. The quantitative estimate of drug-likeness (QED) is 0.798. The Morgan fingerprint density at radius 2 is 1.86 bits per heavy atom. The van der Waals surface area contributed by atoms with Crippen LogP contribution in [0.1, 0.15) is 62.6 Å². The van der Waals surface area contributed by atoms with Gasteiger partial charge in [0.15, 0.2) is 0 Å². The molecule has 0 saturated carbocycles. The first kappa shape index (κ1) is 18.1. The number of ether oxygens (including phenoxy) is 1. The van der Waals surface area contributed by atoms with Crippen molar-refractivity contribution in [2.24, 2.45) is 0 Å². The van der Waals surface area contributed by atoms with Crippen molar-refractivity contribution in [3.8, 4) is 0 Å². The highest BCUT2D eigenvalue weighted by Gasteiger charge is 2.43. The minimum absolute atomic E-state index is 0.157. The molecule has 0 radical (unpaired) electrons. The molecule has 1 spiro atoms. The molecule has 0 N–H and O–H groups in total. The molecule has 0 amide bonds. The van der Waals surface area contributed by atoms with Crippen molar-refractivity contribution in [3.63, 3.8) is 0 Å². The number of rotatable bonds is 4. The maximum atomic E-state index is 6.21. The average molecular weight is 383 g/mol. The van der Waals surface area contributed by atoms with E-state index in [1.54, 1.807) is 0 Å². The molecule has 1 atom stereocenters. The number of anilines is 1. The van der Waals surface area contributed by atoms with E-state index < -0.39 is 0 Å². The molecule has 5 heterocycles. The van der Waals surface area contributed by atoms with Crippen LogP contribution in [0.3, 0.4) is 0 Å². The summed E-state index contributed by atoms with van der Waals surface area (Å²) in [5.41, 5.74) is 0.305. The Morgan fingerprint density at radius 3 is 2.64 bits per heavy atom. The lowest BCUT2D eigenvalue weighted by atomic mass is 9.85. The van der Waals surface area contributed by atoms with Crippen LogP contribution in [0, 0.1) is 0 Å². The van der Waals surface area contributed by atoms with E-state index in [0.717, 1.165) is 56.7 Å². The summed E-state index contributed by atoms with van der Waals surface area (Å²) in [7, 11) is 0. The van der Waals surface area contributed by atoms with Crippen LogP contribution in [0.5, 0.6) is 0 Å². The third-order valence-corrected chi connectivity index (χ3v) is 6.80. The van der Waals surface area contributed by atoms with E-state index in [9.17, 15) is 0 Å². The third-order valence-electron chi connectivity index (χ3n) is 6.80. The second-order valence-corrected chi connectivity index (χ2v) is 8.44. The van der Waals surface area contributed by atoms with E-state index >= 15 is 0 Å². The molecule has 6 nitrogen and oxygen atoms in total. The molecule has 28 heavy (non-hydrogen) atoms. The fourth-order valence-corrected chi connectivity index (χ4v) is 5.19. The van der Waals surface area contributed by atoms with Crippen molar-refractivity contribution in [2.45, 2.75) is 63.1 Å². The van der Waals surface area contributed by atoms with Gasteiger partial charge in [0.25, 0.3) is 0 Å². The van der Waals surface area contributed by atoms with Crippen molar-refractivity contribution in [3.05, 3.63) is 42.1 Å². The maximum absolute atomic E-state index is 6.21. The molecule has 3 aliphatic rings. The molecule has 3 fully saturated rings. The van der Waals surface area contributed by atoms with Gasteiger partial charge >= 0.3 is 0 Å². The van der Waals surface area contributed by atoms with Crippen LogP contribution in [0.25, 0.3) is 0 Å². The van der Waals surface area contributed by atoms with Gasteiger partial charge in [-0.15, -0.1) is 0 Å². The fraction of sp³-hybridized carbons (Fsp3) is 0.636. The van der Waals surface area contributed by atoms with E-state index in [0.29, 0.717) is 5.54 Å². The van der Waals surface area contributed by atoms with Gasteiger partial charge in [-0.25, -0.2) is 9.97 Å². The van der Waals surface area contributed by atoms with E-state index in [-0.39, 0.29) is 6.10 Å². The first-order valence-corrected chi connectivity index (χ1v) is 10.8. The van der Waals surface area contributed by atoms with Crippen molar-refractivity contribution >= 4 is 5.95 Å². The Kier molecular flexibility index (Phi) is 5.07. The molecule has 150 valence electrons. The molecule has 2 aromatic heterocycles.